The Morgan fingerprint density at radius 2 is 2.15 bits per heavy atom. The molecule has 1 fully saturated rings. The van der Waals surface area contributed by atoms with Crippen molar-refractivity contribution in [2.24, 2.45) is 5.73 Å². The highest BCUT2D eigenvalue weighted by molar-refractivity contribution is 5.38. The van der Waals surface area contributed by atoms with Crippen molar-refractivity contribution in [1.29, 1.82) is 0 Å². The van der Waals surface area contributed by atoms with Crippen LogP contribution in [0.2, 0.25) is 0 Å². The fourth-order valence-electron chi connectivity index (χ4n) is 2.47. The molecule has 1 aromatic rings. The van der Waals surface area contributed by atoms with Crippen molar-refractivity contribution in [3.05, 3.63) is 35.1 Å². The smallest absolute Gasteiger partial charge is 0.138 e. The molecule has 1 aromatic carbocycles. The van der Waals surface area contributed by atoms with Crippen LogP contribution >= 0.6 is 0 Å². The predicted octanol–water partition coefficient (Wildman–Crippen LogP) is 1.75. The van der Waals surface area contributed by atoms with E-state index in [0.29, 0.717) is 11.7 Å². The summed E-state index contributed by atoms with van der Waals surface area (Å²) in [5.41, 5.74) is 6.84. The first-order valence-electron chi connectivity index (χ1n) is 6.95. The van der Waals surface area contributed by atoms with Crippen LogP contribution in [0.4, 0.5) is 4.39 Å². The summed E-state index contributed by atoms with van der Waals surface area (Å²) in [4.78, 5) is 2.36. The number of rotatable bonds is 3. The van der Waals surface area contributed by atoms with E-state index in [1.807, 2.05) is 12.1 Å². The number of hydrogen-bond donors (Lipinski definition) is 1. The largest absolute Gasteiger partial charge is 0.381 e. The van der Waals surface area contributed by atoms with Crippen LogP contribution in [0, 0.1) is 17.7 Å². The van der Waals surface area contributed by atoms with Gasteiger partial charge in [0.2, 0.25) is 0 Å². The lowest BCUT2D eigenvalue weighted by Crippen LogP contribution is -2.36. The molecule has 4 heteroatoms. The van der Waals surface area contributed by atoms with Crippen molar-refractivity contribution in [2.75, 3.05) is 26.7 Å². The van der Waals surface area contributed by atoms with Gasteiger partial charge in [0.25, 0.3) is 0 Å². The molecule has 0 aliphatic carbocycles. The van der Waals surface area contributed by atoms with Crippen LogP contribution in [0.1, 0.15) is 24.0 Å². The van der Waals surface area contributed by atoms with Crippen molar-refractivity contribution in [1.82, 2.24) is 4.90 Å². The van der Waals surface area contributed by atoms with Crippen molar-refractivity contribution in [2.45, 2.75) is 25.5 Å². The highest BCUT2D eigenvalue weighted by Gasteiger charge is 2.18. The SMILES string of the molecule is COC1CCN(Cc2ccc(F)c(C#CCN)c2)CC1. The Morgan fingerprint density at radius 3 is 2.80 bits per heavy atom. The van der Waals surface area contributed by atoms with Gasteiger partial charge in [0.1, 0.15) is 5.82 Å². The Hall–Kier alpha value is -1.41. The lowest BCUT2D eigenvalue weighted by molar-refractivity contribution is 0.0388. The van der Waals surface area contributed by atoms with Crippen molar-refractivity contribution >= 4 is 0 Å². The van der Waals surface area contributed by atoms with Gasteiger partial charge in [-0.2, -0.15) is 0 Å². The Bertz CT molecular complexity index is 499. The zero-order chi connectivity index (χ0) is 14.4. The average Bonchev–Trinajstić information content (AvgIpc) is 2.48. The minimum atomic E-state index is -0.284. The normalized spacial score (nSPS) is 16.8. The maximum atomic E-state index is 13.6. The van der Waals surface area contributed by atoms with E-state index >= 15 is 0 Å². The Morgan fingerprint density at radius 1 is 1.40 bits per heavy atom. The zero-order valence-electron chi connectivity index (χ0n) is 11.9. The summed E-state index contributed by atoms with van der Waals surface area (Å²) in [6.45, 7) is 3.10. The van der Waals surface area contributed by atoms with Crippen LogP contribution in [0.25, 0.3) is 0 Å². The first-order valence-corrected chi connectivity index (χ1v) is 6.95. The fraction of sp³-hybridized carbons (Fsp3) is 0.500. The lowest BCUT2D eigenvalue weighted by atomic mass is 10.1. The van der Waals surface area contributed by atoms with E-state index in [-0.39, 0.29) is 12.4 Å². The van der Waals surface area contributed by atoms with E-state index in [0.717, 1.165) is 38.0 Å². The molecule has 2 N–H and O–H groups in total. The molecule has 1 aliphatic rings. The van der Waals surface area contributed by atoms with Gasteiger partial charge < -0.3 is 10.5 Å². The molecule has 0 unspecified atom stereocenters. The highest BCUT2D eigenvalue weighted by Crippen LogP contribution is 2.17. The molecule has 1 aliphatic heterocycles. The fourth-order valence-corrected chi connectivity index (χ4v) is 2.47. The standard InChI is InChI=1S/C16H21FN2O/c1-20-15-6-9-19(10-7-15)12-13-4-5-16(17)14(11-13)3-2-8-18/h4-5,11,15H,6-10,12,18H2,1H3. The minimum absolute atomic E-state index is 0.244. The van der Waals surface area contributed by atoms with Crippen LogP contribution in [0.15, 0.2) is 18.2 Å². The molecule has 0 amide bonds. The molecule has 20 heavy (non-hydrogen) atoms. The second kappa shape index (κ2) is 7.39. The zero-order valence-corrected chi connectivity index (χ0v) is 11.9. The quantitative estimate of drug-likeness (QED) is 0.855. The number of piperidine rings is 1. The molecular weight excluding hydrogens is 255 g/mol. The van der Waals surface area contributed by atoms with E-state index in [1.165, 1.54) is 6.07 Å². The van der Waals surface area contributed by atoms with Gasteiger partial charge >= 0.3 is 0 Å². The number of hydrogen-bond acceptors (Lipinski definition) is 3. The van der Waals surface area contributed by atoms with Crippen molar-refractivity contribution in [3.8, 4) is 11.8 Å². The molecule has 0 bridgehead atoms. The van der Waals surface area contributed by atoms with Crippen LogP contribution in [0.3, 0.4) is 0 Å². The van der Waals surface area contributed by atoms with E-state index in [9.17, 15) is 4.39 Å². The van der Waals surface area contributed by atoms with Gasteiger partial charge in [0.05, 0.1) is 18.2 Å². The van der Waals surface area contributed by atoms with Gasteiger partial charge in [0.15, 0.2) is 0 Å². The molecule has 0 spiro atoms. The monoisotopic (exact) mass is 276 g/mol. The average molecular weight is 276 g/mol. The van der Waals surface area contributed by atoms with E-state index in [4.69, 9.17) is 10.5 Å². The number of halogens is 1. The number of methoxy groups -OCH3 is 1. The summed E-state index contributed by atoms with van der Waals surface area (Å²) in [5.74, 6) is 5.19. The molecule has 2 rings (SSSR count). The Balaban J connectivity index is 1.99. The molecule has 0 saturated carbocycles. The number of benzene rings is 1. The first-order chi connectivity index (χ1) is 9.72. The first kappa shape index (κ1) is 15.0. The van der Waals surface area contributed by atoms with E-state index in [2.05, 4.69) is 16.7 Å². The summed E-state index contributed by atoms with van der Waals surface area (Å²) in [6, 6.07) is 5.13. The summed E-state index contributed by atoms with van der Waals surface area (Å²) in [5, 5.41) is 0. The highest BCUT2D eigenvalue weighted by atomic mass is 19.1. The van der Waals surface area contributed by atoms with Gasteiger partial charge in [-0.25, -0.2) is 4.39 Å². The topological polar surface area (TPSA) is 38.5 Å². The molecule has 0 aromatic heterocycles. The number of ether oxygens (including phenoxy) is 1. The number of nitrogens with two attached hydrogens (primary N) is 1. The number of nitrogens with zero attached hydrogens (tertiary/aromatic N) is 1. The van der Waals surface area contributed by atoms with Gasteiger partial charge in [-0.15, -0.1) is 0 Å². The summed E-state index contributed by atoms with van der Waals surface area (Å²) in [7, 11) is 1.77. The molecule has 1 saturated heterocycles. The molecule has 0 atom stereocenters. The summed E-state index contributed by atoms with van der Waals surface area (Å²) < 4.78 is 19.0. The maximum Gasteiger partial charge on any atom is 0.138 e. The molecule has 108 valence electrons. The van der Waals surface area contributed by atoms with E-state index < -0.39 is 0 Å². The van der Waals surface area contributed by atoms with Gasteiger partial charge in [-0.05, 0) is 30.5 Å². The minimum Gasteiger partial charge on any atom is -0.381 e. The molecule has 1 heterocycles. The molecule has 3 nitrogen and oxygen atoms in total. The van der Waals surface area contributed by atoms with Crippen LogP contribution < -0.4 is 5.73 Å². The van der Waals surface area contributed by atoms with Gasteiger partial charge in [-0.3, -0.25) is 4.90 Å². The summed E-state index contributed by atoms with van der Waals surface area (Å²) in [6.07, 6.45) is 2.49. The van der Waals surface area contributed by atoms with Gasteiger partial charge in [-0.1, -0.05) is 17.9 Å². The van der Waals surface area contributed by atoms with Crippen LogP contribution in [0.5, 0.6) is 0 Å². The number of likely N-dealkylation sites (tertiary alicyclic amines) is 1. The second-order valence-electron chi connectivity index (χ2n) is 5.03. The van der Waals surface area contributed by atoms with Crippen molar-refractivity contribution < 1.29 is 9.13 Å². The maximum absolute atomic E-state index is 13.6. The Labute approximate surface area is 119 Å². The summed E-state index contributed by atoms with van der Waals surface area (Å²) >= 11 is 0. The third kappa shape index (κ3) is 4.04. The molecule has 0 radical (unpaired) electrons. The Kier molecular flexibility index (Phi) is 5.54. The van der Waals surface area contributed by atoms with Crippen LogP contribution in [-0.4, -0.2) is 37.7 Å². The van der Waals surface area contributed by atoms with Crippen molar-refractivity contribution in [3.63, 3.8) is 0 Å². The third-order valence-electron chi connectivity index (χ3n) is 3.63. The van der Waals surface area contributed by atoms with Crippen LogP contribution in [-0.2, 0) is 11.3 Å². The molecular formula is C16H21FN2O. The second-order valence-corrected chi connectivity index (χ2v) is 5.03. The predicted molar refractivity (Wildman–Crippen MR) is 77.6 cm³/mol. The lowest BCUT2D eigenvalue weighted by Gasteiger charge is -2.31. The van der Waals surface area contributed by atoms with E-state index in [1.54, 1.807) is 7.11 Å². The third-order valence-corrected chi connectivity index (χ3v) is 3.63. The van der Waals surface area contributed by atoms with Gasteiger partial charge in [0, 0.05) is 26.7 Å².